The zero-order chi connectivity index (χ0) is 13.7. The van der Waals surface area contributed by atoms with Gasteiger partial charge in [-0.05, 0) is 17.7 Å². The van der Waals surface area contributed by atoms with Crippen LogP contribution < -0.4 is 14.8 Å². The van der Waals surface area contributed by atoms with Gasteiger partial charge in [-0.15, -0.1) is 0 Å². The second-order valence-corrected chi connectivity index (χ2v) is 4.99. The van der Waals surface area contributed by atoms with E-state index in [1.807, 2.05) is 31.4 Å². The minimum Gasteiger partial charge on any atom is -0.454 e. The Kier molecular flexibility index (Phi) is 2.26. The monoisotopic (exact) mass is 271 g/mol. The number of benzene rings is 1. The van der Waals surface area contributed by atoms with E-state index in [-0.39, 0.29) is 18.6 Å². The molecule has 20 heavy (non-hydrogen) atoms. The summed E-state index contributed by atoms with van der Waals surface area (Å²) in [5.41, 5.74) is 2.07. The van der Waals surface area contributed by atoms with Crippen LogP contribution in [0, 0.1) is 0 Å². The predicted molar refractivity (Wildman–Crippen MR) is 70.9 cm³/mol. The molecule has 0 spiro atoms. The number of carbonyl (C=O) groups is 1. The van der Waals surface area contributed by atoms with Crippen molar-refractivity contribution in [3.8, 4) is 11.5 Å². The van der Waals surface area contributed by atoms with Crippen LogP contribution in [0.4, 0.5) is 5.82 Å². The summed E-state index contributed by atoms with van der Waals surface area (Å²) in [4.78, 5) is 11.9. The highest BCUT2D eigenvalue weighted by Crippen LogP contribution is 2.41. The maximum Gasteiger partial charge on any atom is 0.231 e. The summed E-state index contributed by atoms with van der Waals surface area (Å²) in [6.07, 6.45) is 2.22. The highest BCUT2D eigenvalue weighted by atomic mass is 16.7. The molecule has 0 saturated heterocycles. The fraction of sp³-hybridized carbons (Fsp3) is 0.286. The summed E-state index contributed by atoms with van der Waals surface area (Å²) in [5, 5.41) is 7.09. The van der Waals surface area contributed by atoms with Gasteiger partial charge in [-0.2, -0.15) is 5.10 Å². The molecule has 102 valence electrons. The number of carbonyl (C=O) groups excluding carboxylic acids is 1. The van der Waals surface area contributed by atoms with Gasteiger partial charge in [0.05, 0.1) is 6.20 Å². The molecule has 2 aromatic rings. The van der Waals surface area contributed by atoms with Crippen molar-refractivity contribution in [3.05, 3.63) is 35.5 Å². The van der Waals surface area contributed by atoms with Gasteiger partial charge >= 0.3 is 0 Å². The Bertz CT molecular complexity index is 708. The molecule has 1 N–H and O–H groups in total. The van der Waals surface area contributed by atoms with Crippen LogP contribution in [-0.4, -0.2) is 22.5 Å². The number of hydrogen-bond donors (Lipinski definition) is 1. The van der Waals surface area contributed by atoms with E-state index < -0.39 is 0 Å². The lowest BCUT2D eigenvalue weighted by molar-refractivity contribution is -0.116. The number of fused-ring (bicyclic) bond motifs is 2. The Morgan fingerprint density at radius 1 is 1.35 bits per heavy atom. The molecule has 1 unspecified atom stereocenters. The Balaban J connectivity index is 1.80. The molecular weight excluding hydrogens is 258 g/mol. The van der Waals surface area contributed by atoms with E-state index >= 15 is 0 Å². The number of amides is 1. The third-order valence-corrected chi connectivity index (χ3v) is 3.79. The zero-order valence-corrected chi connectivity index (χ0v) is 10.9. The van der Waals surface area contributed by atoms with Gasteiger partial charge in [0.15, 0.2) is 11.5 Å². The van der Waals surface area contributed by atoms with Crippen molar-refractivity contribution in [3.63, 3.8) is 0 Å². The van der Waals surface area contributed by atoms with Crippen LogP contribution in [0.15, 0.2) is 24.4 Å². The SMILES string of the molecule is Cn1ncc2c1NC(=O)CC2c1ccc2c(c1)OCO2. The van der Waals surface area contributed by atoms with Gasteiger partial charge in [-0.3, -0.25) is 9.48 Å². The number of nitrogens with zero attached hydrogens (tertiary/aromatic N) is 2. The summed E-state index contributed by atoms with van der Waals surface area (Å²) in [6.45, 7) is 0.252. The number of anilines is 1. The predicted octanol–water partition coefficient (Wildman–Crippen LogP) is 1.62. The summed E-state index contributed by atoms with van der Waals surface area (Å²) in [7, 11) is 1.82. The van der Waals surface area contributed by atoms with E-state index in [0.29, 0.717) is 6.42 Å². The Morgan fingerprint density at radius 2 is 2.20 bits per heavy atom. The first-order valence-electron chi connectivity index (χ1n) is 6.43. The molecule has 6 nitrogen and oxygen atoms in total. The molecule has 1 atom stereocenters. The quantitative estimate of drug-likeness (QED) is 0.856. The maximum atomic E-state index is 11.9. The molecule has 0 fully saturated rings. The average Bonchev–Trinajstić information content (AvgIpc) is 3.04. The van der Waals surface area contributed by atoms with Gasteiger partial charge in [0, 0.05) is 24.9 Å². The zero-order valence-electron chi connectivity index (χ0n) is 10.9. The van der Waals surface area contributed by atoms with Gasteiger partial charge in [0.2, 0.25) is 12.7 Å². The number of aromatic nitrogens is 2. The first-order valence-corrected chi connectivity index (χ1v) is 6.43. The molecule has 0 radical (unpaired) electrons. The summed E-state index contributed by atoms with van der Waals surface area (Å²) < 4.78 is 12.4. The largest absolute Gasteiger partial charge is 0.454 e. The fourth-order valence-corrected chi connectivity index (χ4v) is 2.77. The molecular formula is C14H13N3O3. The Morgan fingerprint density at radius 3 is 3.10 bits per heavy atom. The summed E-state index contributed by atoms with van der Waals surface area (Å²) >= 11 is 0. The van der Waals surface area contributed by atoms with Crippen molar-refractivity contribution in [2.75, 3.05) is 12.1 Å². The second-order valence-electron chi connectivity index (χ2n) is 4.99. The van der Waals surface area contributed by atoms with E-state index in [4.69, 9.17) is 9.47 Å². The van der Waals surface area contributed by atoms with Crippen LogP contribution in [0.3, 0.4) is 0 Å². The number of hydrogen-bond acceptors (Lipinski definition) is 4. The molecule has 0 saturated carbocycles. The normalized spacial score (nSPS) is 19.6. The van der Waals surface area contributed by atoms with Crippen molar-refractivity contribution in [2.24, 2.45) is 7.05 Å². The van der Waals surface area contributed by atoms with Crippen molar-refractivity contribution >= 4 is 11.7 Å². The number of ether oxygens (including phenoxy) is 2. The van der Waals surface area contributed by atoms with Crippen molar-refractivity contribution in [1.82, 2.24) is 9.78 Å². The smallest absolute Gasteiger partial charge is 0.231 e. The van der Waals surface area contributed by atoms with Crippen molar-refractivity contribution in [1.29, 1.82) is 0 Å². The molecule has 2 aliphatic rings. The number of rotatable bonds is 1. The second kappa shape index (κ2) is 4.00. The van der Waals surface area contributed by atoms with Gasteiger partial charge in [0.1, 0.15) is 5.82 Å². The molecule has 2 aliphatic heterocycles. The van der Waals surface area contributed by atoms with E-state index in [0.717, 1.165) is 28.4 Å². The highest BCUT2D eigenvalue weighted by Gasteiger charge is 2.30. The lowest BCUT2D eigenvalue weighted by Crippen LogP contribution is -2.24. The molecule has 0 aliphatic carbocycles. The van der Waals surface area contributed by atoms with Gasteiger partial charge in [0.25, 0.3) is 0 Å². The number of aryl methyl sites for hydroxylation is 1. The van der Waals surface area contributed by atoms with Crippen LogP contribution >= 0.6 is 0 Å². The Hall–Kier alpha value is -2.50. The van der Waals surface area contributed by atoms with Crippen molar-refractivity contribution < 1.29 is 14.3 Å². The maximum absolute atomic E-state index is 11.9. The summed E-state index contributed by atoms with van der Waals surface area (Å²) in [6, 6.07) is 5.82. The van der Waals surface area contributed by atoms with E-state index in [2.05, 4.69) is 10.4 Å². The molecule has 6 heteroatoms. The van der Waals surface area contributed by atoms with Gasteiger partial charge in [-0.25, -0.2) is 0 Å². The van der Waals surface area contributed by atoms with Gasteiger partial charge in [-0.1, -0.05) is 6.07 Å². The third kappa shape index (κ3) is 1.57. The van der Waals surface area contributed by atoms with Crippen LogP contribution in [-0.2, 0) is 11.8 Å². The van der Waals surface area contributed by atoms with Crippen LogP contribution in [0.1, 0.15) is 23.5 Å². The minimum absolute atomic E-state index is 0.00181. The lowest BCUT2D eigenvalue weighted by atomic mass is 9.87. The topological polar surface area (TPSA) is 65.4 Å². The summed E-state index contributed by atoms with van der Waals surface area (Å²) in [5.74, 6) is 2.26. The van der Waals surface area contributed by atoms with Gasteiger partial charge < -0.3 is 14.8 Å². The molecule has 4 rings (SSSR count). The van der Waals surface area contributed by atoms with E-state index in [9.17, 15) is 4.79 Å². The molecule has 3 heterocycles. The van der Waals surface area contributed by atoms with Crippen LogP contribution in [0.5, 0.6) is 11.5 Å². The standard InChI is InChI=1S/C14H13N3O3/c1-17-14-10(6-15-17)9(5-13(18)16-14)8-2-3-11-12(4-8)20-7-19-11/h2-4,6,9H,5,7H2,1H3,(H,16,18). The minimum atomic E-state index is 0.00181. The molecule has 0 bridgehead atoms. The average molecular weight is 271 g/mol. The van der Waals surface area contributed by atoms with Crippen molar-refractivity contribution in [2.45, 2.75) is 12.3 Å². The Labute approximate surface area is 115 Å². The van der Waals surface area contributed by atoms with Crippen LogP contribution in [0.2, 0.25) is 0 Å². The van der Waals surface area contributed by atoms with Crippen LogP contribution in [0.25, 0.3) is 0 Å². The fourth-order valence-electron chi connectivity index (χ4n) is 2.77. The van der Waals surface area contributed by atoms with E-state index in [1.54, 1.807) is 4.68 Å². The lowest BCUT2D eigenvalue weighted by Gasteiger charge is -2.23. The first kappa shape index (κ1) is 11.3. The number of nitrogens with one attached hydrogen (secondary N) is 1. The first-order chi connectivity index (χ1) is 9.72. The van der Waals surface area contributed by atoms with E-state index in [1.165, 1.54) is 0 Å². The third-order valence-electron chi connectivity index (χ3n) is 3.79. The molecule has 1 aromatic heterocycles. The molecule has 1 aromatic carbocycles. The molecule has 1 amide bonds. The highest BCUT2D eigenvalue weighted by molar-refractivity contribution is 5.94.